The van der Waals surface area contributed by atoms with E-state index in [0.29, 0.717) is 0 Å². The molecule has 0 spiro atoms. The zero-order valence-corrected chi connectivity index (χ0v) is 12.4. The summed E-state index contributed by atoms with van der Waals surface area (Å²) < 4.78 is 2.03. The highest BCUT2D eigenvalue weighted by atomic mass is 16.2. The summed E-state index contributed by atoms with van der Waals surface area (Å²) in [5, 5.41) is 2.99. The predicted molar refractivity (Wildman–Crippen MR) is 86.7 cm³/mol. The maximum absolute atomic E-state index is 11.9. The highest BCUT2D eigenvalue weighted by molar-refractivity contribution is 5.94. The second-order valence-corrected chi connectivity index (χ2v) is 5.89. The zero-order valence-electron chi connectivity index (χ0n) is 12.4. The van der Waals surface area contributed by atoms with Crippen molar-refractivity contribution in [1.29, 1.82) is 0 Å². The van der Waals surface area contributed by atoms with Crippen LogP contribution in [-0.4, -0.2) is 15.3 Å². The Morgan fingerprint density at radius 1 is 1.27 bits per heavy atom. The van der Waals surface area contributed by atoms with Gasteiger partial charge in [0.25, 0.3) is 0 Å². The van der Waals surface area contributed by atoms with Gasteiger partial charge in [0.05, 0.1) is 5.69 Å². The number of rotatable bonds is 3. The van der Waals surface area contributed by atoms with Crippen molar-refractivity contribution in [2.45, 2.75) is 19.8 Å². The Balaban J connectivity index is 1.68. The Bertz CT molecular complexity index is 862. The van der Waals surface area contributed by atoms with Crippen LogP contribution in [-0.2, 0) is 4.79 Å². The Hall–Kier alpha value is -2.62. The molecule has 0 saturated heterocycles. The maximum atomic E-state index is 11.9. The number of anilines is 1. The highest BCUT2D eigenvalue weighted by Gasteiger charge is 2.29. The summed E-state index contributed by atoms with van der Waals surface area (Å²) >= 11 is 0. The molecule has 0 atom stereocenters. The van der Waals surface area contributed by atoms with E-state index in [1.54, 1.807) is 0 Å². The van der Waals surface area contributed by atoms with Crippen LogP contribution in [0.1, 0.15) is 18.4 Å². The van der Waals surface area contributed by atoms with Gasteiger partial charge in [-0.1, -0.05) is 18.2 Å². The van der Waals surface area contributed by atoms with Crippen LogP contribution in [0.4, 0.5) is 5.69 Å². The van der Waals surface area contributed by atoms with Crippen molar-refractivity contribution in [3.63, 3.8) is 0 Å². The second kappa shape index (κ2) is 4.98. The summed E-state index contributed by atoms with van der Waals surface area (Å²) in [6.45, 7) is 2.05. The van der Waals surface area contributed by atoms with Crippen molar-refractivity contribution in [3.05, 3.63) is 54.4 Å². The molecule has 0 bridgehead atoms. The summed E-state index contributed by atoms with van der Waals surface area (Å²) in [6.07, 6.45) is 6.04. The van der Waals surface area contributed by atoms with E-state index in [1.807, 2.05) is 47.1 Å². The Labute approximate surface area is 128 Å². The van der Waals surface area contributed by atoms with Crippen LogP contribution in [0.5, 0.6) is 0 Å². The Kier molecular flexibility index (Phi) is 2.96. The monoisotopic (exact) mass is 291 g/mol. The number of aryl methyl sites for hydroxylation is 1. The minimum absolute atomic E-state index is 0.128. The van der Waals surface area contributed by atoms with E-state index in [9.17, 15) is 4.79 Å². The van der Waals surface area contributed by atoms with Crippen molar-refractivity contribution in [3.8, 4) is 11.3 Å². The molecular formula is C18H17N3O. The molecule has 22 heavy (non-hydrogen) atoms. The molecule has 110 valence electrons. The van der Waals surface area contributed by atoms with Crippen molar-refractivity contribution in [1.82, 2.24) is 9.38 Å². The summed E-state index contributed by atoms with van der Waals surface area (Å²) in [6, 6.07) is 11.9. The molecule has 4 nitrogen and oxygen atoms in total. The van der Waals surface area contributed by atoms with E-state index in [2.05, 4.69) is 18.3 Å². The van der Waals surface area contributed by atoms with Crippen LogP contribution in [0.25, 0.3) is 16.9 Å². The van der Waals surface area contributed by atoms with Gasteiger partial charge in [-0.2, -0.15) is 0 Å². The molecule has 1 aromatic carbocycles. The van der Waals surface area contributed by atoms with E-state index in [0.717, 1.165) is 41.0 Å². The fraction of sp³-hybridized carbons (Fsp3) is 0.222. The molecule has 0 radical (unpaired) electrons. The van der Waals surface area contributed by atoms with Crippen LogP contribution >= 0.6 is 0 Å². The van der Waals surface area contributed by atoms with Crippen LogP contribution in [0.2, 0.25) is 0 Å². The number of carbonyl (C=O) groups is 1. The van der Waals surface area contributed by atoms with Gasteiger partial charge in [-0.3, -0.25) is 4.79 Å². The molecule has 1 amide bonds. The molecule has 0 unspecified atom stereocenters. The number of nitrogens with one attached hydrogen (secondary N) is 1. The molecule has 0 aliphatic heterocycles. The lowest BCUT2D eigenvalue weighted by Crippen LogP contribution is -2.13. The van der Waals surface area contributed by atoms with Crippen LogP contribution in [0.3, 0.4) is 0 Å². The maximum Gasteiger partial charge on any atom is 0.227 e. The van der Waals surface area contributed by atoms with Crippen molar-refractivity contribution >= 4 is 17.2 Å². The van der Waals surface area contributed by atoms with Gasteiger partial charge in [0.1, 0.15) is 5.65 Å². The van der Waals surface area contributed by atoms with Crippen molar-refractivity contribution in [2.24, 2.45) is 5.92 Å². The first-order valence-electron chi connectivity index (χ1n) is 7.56. The van der Waals surface area contributed by atoms with Gasteiger partial charge in [-0.15, -0.1) is 0 Å². The fourth-order valence-electron chi connectivity index (χ4n) is 2.64. The zero-order chi connectivity index (χ0) is 15.1. The first-order chi connectivity index (χ1) is 10.7. The smallest absolute Gasteiger partial charge is 0.227 e. The molecule has 3 aromatic rings. The number of amides is 1. The third-order valence-electron chi connectivity index (χ3n) is 4.05. The number of hydrogen-bond acceptors (Lipinski definition) is 2. The van der Waals surface area contributed by atoms with Gasteiger partial charge in [-0.25, -0.2) is 4.98 Å². The molecule has 4 rings (SSSR count). The standard InChI is InChI=1S/C18H17N3O/c1-12-4-3-9-21-11-16(20-17(12)21)14-5-2-6-15(10-14)19-18(22)13-7-8-13/h2-6,9-11,13H,7-8H2,1H3,(H,19,22). The number of benzene rings is 1. The average Bonchev–Trinajstić information content (AvgIpc) is 3.27. The SMILES string of the molecule is Cc1cccn2cc(-c3cccc(NC(=O)C4CC4)c3)nc12. The highest BCUT2D eigenvalue weighted by Crippen LogP contribution is 2.31. The predicted octanol–water partition coefficient (Wildman–Crippen LogP) is 3.66. The minimum Gasteiger partial charge on any atom is -0.326 e. The topological polar surface area (TPSA) is 46.4 Å². The van der Waals surface area contributed by atoms with Crippen LogP contribution < -0.4 is 5.32 Å². The lowest BCUT2D eigenvalue weighted by atomic mass is 10.1. The van der Waals surface area contributed by atoms with Crippen molar-refractivity contribution < 1.29 is 4.79 Å². The second-order valence-electron chi connectivity index (χ2n) is 5.89. The third-order valence-corrected chi connectivity index (χ3v) is 4.05. The van der Waals surface area contributed by atoms with Gasteiger partial charge in [-0.05, 0) is 43.5 Å². The fourth-order valence-corrected chi connectivity index (χ4v) is 2.64. The number of hydrogen-bond donors (Lipinski definition) is 1. The van der Waals surface area contributed by atoms with Gasteiger partial charge in [0, 0.05) is 29.6 Å². The van der Waals surface area contributed by atoms with E-state index >= 15 is 0 Å². The minimum atomic E-state index is 0.128. The van der Waals surface area contributed by atoms with E-state index < -0.39 is 0 Å². The van der Waals surface area contributed by atoms with E-state index in [4.69, 9.17) is 4.98 Å². The number of imidazole rings is 1. The van der Waals surface area contributed by atoms with Gasteiger partial charge in [0.2, 0.25) is 5.91 Å². The van der Waals surface area contributed by atoms with Gasteiger partial charge < -0.3 is 9.72 Å². The number of aromatic nitrogens is 2. The number of nitrogens with zero attached hydrogens (tertiary/aromatic N) is 2. The van der Waals surface area contributed by atoms with E-state index in [1.165, 1.54) is 0 Å². The molecule has 1 N–H and O–H groups in total. The quantitative estimate of drug-likeness (QED) is 0.800. The Morgan fingerprint density at radius 3 is 2.91 bits per heavy atom. The van der Waals surface area contributed by atoms with Gasteiger partial charge >= 0.3 is 0 Å². The molecule has 4 heteroatoms. The number of fused-ring (bicyclic) bond motifs is 1. The summed E-state index contributed by atoms with van der Waals surface area (Å²) in [5.74, 6) is 0.337. The normalized spacial score (nSPS) is 14.2. The summed E-state index contributed by atoms with van der Waals surface area (Å²) in [5.41, 5.74) is 4.87. The molecule has 1 aliphatic carbocycles. The molecule has 1 aliphatic rings. The number of carbonyl (C=O) groups excluding carboxylic acids is 1. The molecule has 2 aromatic heterocycles. The first-order valence-corrected chi connectivity index (χ1v) is 7.56. The number of pyridine rings is 1. The summed E-state index contributed by atoms with van der Waals surface area (Å²) in [4.78, 5) is 16.6. The lowest BCUT2D eigenvalue weighted by molar-refractivity contribution is -0.117. The molecule has 1 fully saturated rings. The molecule has 2 heterocycles. The first kappa shape index (κ1) is 13.1. The van der Waals surface area contributed by atoms with Gasteiger partial charge in [0.15, 0.2) is 0 Å². The largest absolute Gasteiger partial charge is 0.326 e. The van der Waals surface area contributed by atoms with Crippen molar-refractivity contribution in [2.75, 3.05) is 5.32 Å². The molecular weight excluding hydrogens is 274 g/mol. The van der Waals surface area contributed by atoms with E-state index in [-0.39, 0.29) is 11.8 Å². The lowest BCUT2D eigenvalue weighted by Gasteiger charge is -2.05. The summed E-state index contributed by atoms with van der Waals surface area (Å²) in [7, 11) is 0. The third kappa shape index (κ3) is 2.37. The molecule has 1 saturated carbocycles. The average molecular weight is 291 g/mol. The van der Waals surface area contributed by atoms with Crippen LogP contribution in [0, 0.1) is 12.8 Å². The van der Waals surface area contributed by atoms with Crippen LogP contribution in [0.15, 0.2) is 48.8 Å². The Morgan fingerprint density at radius 2 is 2.14 bits per heavy atom.